The molecule has 1 heterocycles. The van der Waals surface area contributed by atoms with Crippen LogP contribution in [0, 0.1) is 12.7 Å². The predicted molar refractivity (Wildman–Crippen MR) is 49.8 cm³/mol. The molecule has 13 heavy (non-hydrogen) atoms. The van der Waals surface area contributed by atoms with E-state index in [0.29, 0.717) is 11.2 Å². The number of aryl methyl sites for hydroxylation is 2. The van der Waals surface area contributed by atoms with Crippen LogP contribution in [0.3, 0.4) is 0 Å². The Morgan fingerprint density at radius 1 is 1.46 bits per heavy atom. The van der Waals surface area contributed by atoms with Crippen molar-refractivity contribution in [2.75, 3.05) is 5.73 Å². The third-order valence-corrected chi connectivity index (χ3v) is 2.10. The molecule has 0 amide bonds. The molecule has 1 aromatic heterocycles. The minimum Gasteiger partial charge on any atom is -0.399 e. The second-order valence-corrected chi connectivity index (χ2v) is 3.11. The summed E-state index contributed by atoms with van der Waals surface area (Å²) < 4.78 is 14.9. The molecule has 0 unspecified atom stereocenters. The Bertz CT molecular complexity index is 473. The number of benzene rings is 1. The molecule has 1 aromatic carbocycles. The van der Waals surface area contributed by atoms with Crippen molar-refractivity contribution in [2.45, 2.75) is 6.92 Å². The van der Waals surface area contributed by atoms with Gasteiger partial charge in [0.05, 0.1) is 5.69 Å². The van der Waals surface area contributed by atoms with Crippen LogP contribution >= 0.6 is 0 Å². The summed E-state index contributed by atoms with van der Waals surface area (Å²) in [4.78, 5) is 0. The molecular weight excluding hydrogens is 169 g/mol. The van der Waals surface area contributed by atoms with E-state index in [1.165, 1.54) is 10.7 Å². The first kappa shape index (κ1) is 8.04. The Morgan fingerprint density at radius 3 is 2.85 bits per heavy atom. The van der Waals surface area contributed by atoms with E-state index < -0.39 is 0 Å². The maximum absolute atomic E-state index is 13.4. The van der Waals surface area contributed by atoms with Crippen LogP contribution < -0.4 is 5.73 Å². The third-order valence-electron chi connectivity index (χ3n) is 2.10. The zero-order valence-electron chi connectivity index (χ0n) is 7.50. The molecule has 0 bridgehead atoms. The number of halogens is 1. The maximum atomic E-state index is 13.4. The van der Waals surface area contributed by atoms with E-state index in [-0.39, 0.29) is 5.82 Å². The molecule has 0 saturated carbocycles. The zero-order chi connectivity index (χ0) is 9.59. The van der Waals surface area contributed by atoms with Gasteiger partial charge in [0.15, 0.2) is 5.82 Å². The van der Waals surface area contributed by atoms with Gasteiger partial charge in [-0.25, -0.2) is 4.39 Å². The van der Waals surface area contributed by atoms with Crippen LogP contribution in [-0.2, 0) is 7.05 Å². The lowest BCUT2D eigenvalue weighted by molar-refractivity contribution is 0.626. The Kier molecular flexibility index (Phi) is 1.52. The lowest BCUT2D eigenvalue weighted by Gasteiger charge is -1.97. The van der Waals surface area contributed by atoms with E-state index in [1.807, 2.05) is 6.92 Å². The minimum absolute atomic E-state index is 0.321. The molecule has 2 N–H and O–H groups in total. The molecule has 0 aliphatic rings. The zero-order valence-corrected chi connectivity index (χ0v) is 7.50. The highest BCUT2D eigenvalue weighted by atomic mass is 19.1. The highest BCUT2D eigenvalue weighted by Gasteiger charge is 2.09. The summed E-state index contributed by atoms with van der Waals surface area (Å²) in [5.41, 5.74) is 7.26. The van der Waals surface area contributed by atoms with Gasteiger partial charge in [0.2, 0.25) is 0 Å². The molecule has 0 atom stereocenters. The fraction of sp³-hybridized carbons (Fsp3) is 0.222. The summed E-state index contributed by atoms with van der Waals surface area (Å²) >= 11 is 0. The summed E-state index contributed by atoms with van der Waals surface area (Å²) in [6.07, 6.45) is 0. The highest BCUT2D eigenvalue weighted by molar-refractivity contribution is 5.85. The number of anilines is 1. The lowest BCUT2D eigenvalue weighted by atomic mass is 10.2. The molecule has 2 rings (SSSR count). The van der Waals surface area contributed by atoms with Crippen molar-refractivity contribution >= 4 is 16.6 Å². The van der Waals surface area contributed by atoms with Gasteiger partial charge in [-0.05, 0) is 19.1 Å². The monoisotopic (exact) mass is 179 g/mol. The normalized spacial score (nSPS) is 11.0. The molecule has 0 spiro atoms. The fourth-order valence-corrected chi connectivity index (χ4v) is 1.55. The van der Waals surface area contributed by atoms with Crippen molar-refractivity contribution in [3.8, 4) is 0 Å². The molecule has 0 fully saturated rings. The first-order valence-electron chi connectivity index (χ1n) is 3.98. The Hall–Kier alpha value is -1.58. The number of nitrogen functional groups attached to an aromatic ring is 1. The summed E-state index contributed by atoms with van der Waals surface area (Å²) in [5.74, 6) is -0.321. The van der Waals surface area contributed by atoms with Crippen LogP contribution in [0.5, 0.6) is 0 Å². The highest BCUT2D eigenvalue weighted by Crippen LogP contribution is 2.23. The number of nitrogens with zero attached hydrogens (tertiary/aromatic N) is 2. The number of hydrogen-bond acceptors (Lipinski definition) is 2. The number of hydrogen-bond donors (Lipinski definition) is 1. The third kappa shape index (κ3) is 1.06. The van der Waals surface area contributed by atoms with E-state index in [9.17, 15) is 4.39 Å². The van der Waals surface area contributed by atoms with Crippen LogP contribution in [0.4, 0.5) is 10.1 Å². The van der Waals surface area contributed by atoms with Gasteiger partial charge >= 0.3 is 0 Å². The average molecular weight is 179 g/mol. The van der Waals surface area contributed by atoms with E-state index in [0.717, 1.165) is 11.1 Å². The SMILES string of the molecule is Cc1nn(C)c2c(F)cc(N)cc12. The Morgan fingerprint density at radius 2 is 2.15 bits per heavy atom. The van der Waals surface area contributed by atoms with Crippen molar-refractivity contribution in [1.29, 1.82) is 0 Å². The van der Waals surface area contributed by atoms with Gasteiger partial charge in [0.1, 0.15) is 5.52 Å². The van der Waals surface area contributed by atoms with E-state index in [2.05, 4.69) is 5.10 Å². The summed E-state index contributed by atoms with van der Waals surface area (Å²) in [5, 5.41) is 4.89. The Labute approximate surface area is 75.0 Å². The predicted octanol–water partition coefficient (Wildman–Crippen LogP) is 1.60. The molecule has 4 heteroatoms. The molecule has 0 saturated heterocycles. The van der Waals surface area contributed by atoms with Gasteiger partial charge in [-0.15, -0.1) is 0 Å². The second-order valence-electron chi connectivity index (χ2n) is 3.11. The topological polar surface area (TPSA) is 43.8 Å². The first-order chi connectivity index (χ1) is 6.09. The number of nitrogens with two attached hydrogens (primary N) is 1. The van der Waals surface area contributed by atoms with Gasteiger partial charge in [-0.2, -0.15) is 5.10 Å². The van der Waals surface area contributed by atoms with Crippen LogP contribution in [0.15, 0.2) is 12.1 Å². The van der Waals surface area contributed by atoms with Crippen LogP contribution in [0.1, 0.15) is 5.69 Å². The van der Waals surface area contributed by atoms with Gasteiger partial charge < -0.3 is 5.73 Å². The largest absolute Gasteiger partial charge is 0.399 e. The van der Waals surface area contributed by atoms with Crippen molar-refractivity contribution in [2.24, 2.45) is 7.05 Å². The average Bonchev–Trinajstić information content (AvgIpc) is 2.27. The second kappa shape index (κ2) is 2.45. The van der Waals surface area contributed by atoms with Crippen molar-refractivity contribution < 1.29 is 4.39 Å². The van der Waals surface area contributed by atoms with Crippen molar-refractivity contribution in [3.63, 3.8) is 0 Å². The number of aromatic nitrogens is 2. The van der Waals surface area contributed by atoms with Crippen LogP contribution in [-0.4, -0.2) is 9.78 Å². The molecule has 0 radical (unpaired) electrons. The first-order valence-corrected chi connectivity index (χ1v) is 3.98. The molecule has 3 nitrogen and oxygen atoms in total. The van der Waals surface area contributed by atoms with E-state index >= 15 is 0 Å². The quantitative estimate of drug-likeness (QED) is 0.624. The summed E-state index contributed by atoms with van der Waals surface area (Å²) in [6, 6.07) is 3.05. The molecule has 0 aliphatic heterocycles. The smallest absolute Gasteiger partial charge is 0.151 e. The van der Waals surface area contributed by atoms with E-state index in [4.69, 9.17) is 5.73 Å². The van der Waals surface area contributed by atoms with Gasteiger partial charge in [0, 0.05) is 18.1 Å². The van der Waals surface area contributed by atoms with Gasteiger partial charge in [-0.1, -0.05) is 0 Å². The number of rotatable bonds is 0. The lowest BCUT2D eigenvalue weighted by Crippen LogP contribution is -1.93. The maximum Gasteiger partial charge on any atom is 0.151 e. The van der Waals surface area contributed by atoms with Gasteiger partial charge in [-0.3, -0.25) is 4.68 Å². The van der Waals surface area contributed by atoms with Crippen LogP contribution in [0.25, 0.3) is 10.9 Å². The molecule has 0 aliphatic carbocycles. The van der Waals surface area contributed by atoms with Crippen LogP contribution in [0.2, 0.25) is 0 Å². The summed E-state index contributed by atoms with van der Waals surface area (Å²) in [6.45, 7) is 1.83. The van der Waals surface area contributed by atoms with Gasteiger partial charge in [0.25, 0.3) is 0 Å². The molecule has 2 aromatic rings. The standard InChI is InChI=1S/C9H10FN3/c1-5-7-3-6(11)4-8(10)9(7)13(2)12-5/h3-4H,11H2,1-2H3. The number of fused-ring (bicyclic) bond motifs is 1. The molecule has 68 valence electrons. The minimum atomic E-state index is -0.321. The molecular formula is C9H10FN3. The van der Waals surface area contributed by atoms with E-state index in [1.54, 1.807) is 13.1 Å². The summed E-state index contributed by atoms with van der Waals surface area (Å²) in [7, 11) is 1.72. The van der Waals surface area contributed by atoms with Crippen molar-refractivity contribution in [1.82, 2.24) is 9.78 Å². The fourth-order valence-electron chi connectivity index (χ4n) is 1.55. The Balaban J connectivity index is 2.97. The van der Waals surface area contributed by atoms with Crippen molar-refractivity contribution in [3.05, 3.63) is 23.6 Å².